The average Bonchev–Trinajstić information content (AvgIpc) is 2.17. The summed E-state index contributed by atoms with van der Waals surface area (Å²) in [7, 11) is 0. The maximum Gasteiger partial charge on any atom is 0.404 e. The van der Waals surface area contributed by atoms with E-state index in [2.05, 4.69) is 0 Å². The van der Waals surface area contributed by atoms with Crippen molar-refractivity contribution < 1.29 is 23.5 Å². The fourth-order valence-electron chi connectivity index (χ4n) is 0.868. The molecule has 1 rings (SSSR count). The summed E-state index contributed by atoms with van der Waals surface area (Å²) in [6.45, 7) is 0. The van der Waals surface area contributed by atoms with Gasteiger partial charge in [0.1, 0.15) is 0 Å². The second-order valence-corrected chi connectivity index (χ2v) is 2.57. The Balaban J connectivity index is 3.03. The average molecular weight is 200 g/mol. The highest BCUT2D eigenvalue weighted by Crippen LogP contribution is 2.20. The quantitative estimate of drug-likeness (QED) is 0.595. The Morgan fingerprint density at radius 1 is 1.14 bits per heavy atom. The number of carboxylic acid groups (broad SMARTS) is 1. The summed E-state index contributed by atoms with van der Waals surface area (Å²) in [5.41, 5.74) is -0.320. The molecule has 0 aromatic heterocycles. The number of benzene rings is 1. The van der Waals surface area contributed by atoms with Gasteiger partial charge in [0.2, 0.25) is 5.78 Å². The van der Waals surface area contributed by atoms with Gasteiger partial charge in [-0.15, -0.1) is 0 Å². The van der Waals surface area contributed by atoms with Crippen LogP contribution in [0.25, 0.3) is 0 Å². The summed E-state index contributed by atoms with van der Waals surface area (Å²) in [4.78, 5) is 21.0. The Labute approximate surface area is 78.0 Å². The number of carbonyl (C=O) groups excluding carboxylic acids is 1. The molecule has 0 amide bonds. The van der Waals surface area contributed by atoms with E-state index >= 15 is 0 Å². The van der Waals surface area contributed by atoms with Crippen LogP contribution in [0.4, 0.5) is 8.78 Å². The molecule has 0 aliphatic rings. The lowest BCUT2D eigenvalue weighted by atomic mass is 10.1. The first-order valence-corrected chi connectivity index (χ1v) is 3.67. The van der Waals surface area contributed by atoms with Crippen molar-refractivity contribution in [3.63, 3.8) is 0 Å². The Kier molecular flexibility index (Phi) is 2.60. The van der Waals surface area contributed by atoms with Crippen LogP contribution in [0.5, 0.6) is 0 Å². The van der Waals surface area contributed by atoms with E-state index in [9.17, 15) is 18.4 Å². The fraction of sp³-hybridized carbons (Fsp3) is 0.111. The Morgan fingerprint density at radius 3 is 2.07 bits per heavy atom. The molecule has 14 heavy (non-hydrogen) atoms. The van der Waals surface area contributed by atoms with Crippen LogP contribution in [-0.2, 0) is 4.79 Å². The molecule has 3 nitrogen and oxygen atoms in total. The smallest absolute Gasteiger partial charge is 0.404 e. The number of hydrogen-bond acceptors (Lipinski definition) is 2. The zero-order valence-corrected chi connectivity index (χ0v) is 6.91. The maximum atomic E-state index is 12.7. The number of halogens is 2. The SMILES string of the molecule is O=C(O)C(F)(F)C(=O)c1ccccc1. The van der Waals surface area contributed by atoms with Crippen molar-refractivity contribution in [1.29, 1.82) is 0 Å². The first-order valence-electron chi connectivity index (χ1n) is 3.67. The first-order chi connectivity index (χ1) is 6.46. The summed E-state index contributed by atoms with van der Waals surface area (Å²) < 4.78 is 25.4. The molecule has 0 spiro atoms. The second kappa shape index (κ2) is 3.53. The molecule has 5 heteroatoms. The van der Waals surface area contributed by atoms with E-state index in [1.165, 1.54) is 18.2 Å². The third-order valence-corrected chi connectivity index (χ3v) is 1.59. The topological polar surface area (TPSA) is 54.4 Å². The summed E-state index contributed by atoms with van der Waals surface area (Å²) in [6, 6.07) is 6.57. The van der Waals surface area contributed by atoms with Gasteiger partial charge in [-0.1, -0.05) is 30.3 Å². The van der Waals surface area contributed by atoms with E-state index in [0.717, 1.165) is 12.1 Å². The minimum Gasteiger partial charge on any atom is -0.476 e. The summed E-state index contributed by atoms with van der Waals surface area (Å²) in [5.74, 6) is -8.50. The van der Waals surface area contributed by atoms with Crippen molar-refractivity contribution in [3.05, 3.63) is 35.9 Å². The highest BCUT2D eigenvalue weighted by molar-refractivity contribution is 6.13. The molecule has 0 bridgehead atoms. The van der Waals surface area contributed by atoms with Crippen molar-refractivity contribution in [2.24, 2.45) is 0 Å². The number of carbonyl (C=O) groups is 2. The molecule has 0 saturated heterocycles. The van der Waals surface area contributed by atoms with Gasteiger partial charge in [0, 0.05) is 5.56 Å². The van der Waals surface area contributed by atoms with Gasteiger partial charge >= 0.3 is 11.9 Å². The monoisotopic (exact) mass is 200 g/mol. The van der Waals surface area contributed by atoms with Gasteiger partial charge in [-0.05, 0) is 0 Å². The molecule has 1 aromatic rings. The van der Waals surface area contributed by atoms with E-state index in [4.69, 9.17) is 5.11 Å². The zero-order chi connectivity index (χ0) is 10.8. The van der Waals surface area contributed by atoms with Gasteiger partial charge in [-0.2, -0.15) is 8.78 Å². The maximum absolute atomic E-state index is 12.7. The van der Waals surface area contributed by atoms with E-state index in [-0.39, 0.29) is 5.56 Å². The molecule has 74 valence electrons. The van der Waals surface area contributed by atoms with Crippen molar-refractivity contribution in [1.82, 2.24) is 0 Å². The van der Waals surface area contributed by atoms with Gasteiger partial charge in [0.05, 0.1) is 0 Å². The molecule has 0 saturated carbocycles. The van der Waals surface area contributed by atoms with Crippen molar-refractivity contribution >= 4 is 11.8 Å². The van der Waals surface area contributed by atoms with Crippen LogP contribution >= 0.6 is 0 Å². The van der Waals surface area contributed by atoms with Crippen LogP contribution < -0.4 is 0 Å². The molecule has 0 atom stereocenters. The number of aliphatic carboxylic acids is 1. The van der Waals surface area contributed by atoms with Crippen molar-refractivity contribution in [2.45, 2.75) is 5.92 Å². The molecule has 0 heterocycles. The summed E-state index contributed by atoms with van der Waals surface area (Å²) in [5, 5.41) is 8.10. The van der Waals surface area contributed by atoms with Crippen LogP contribution in [0.2, 0.25) is 0 Å². The van der Waals surface area contributed by atoms with Crippen molar-refractivity contribution in [3.8, 4) is 0 Å². The van der Waals surface area contributed by atoms with Crippen LogP contribution in [-0.4, -0.2) is 22.8 Å². The van der Waals surface area contributed by atoms with Crippen molar-refractivity contribution in [2.75, 3.05) is 0 Å². The van der Waals surface area contributed by atoms with E-state index in [1.54, 1.807) is 0 Å². The normalized spacial score (nSPS) is 11.0. The highest BCUT2D eigenvalue weighted by atomic mass is 19.3. The number of hydrogen-bond donors (Lipinski definition) is 1. The number of Topliss-reactive ketones (excluding diaryl/α,β-unsaturated/α-hetero) is 1. The zero-order valence-electron chi connectivity index (χ0n) is 6.91. The van der Waals surface area contributed by atoms with Gasteiger partial charge in [-0.3, -0.25) is 4.79 Å². The molecule has 0 unspecified atom stereocenters. The van der Waals surface area contributed by atoms with Gasteiger partial charge in [-0.25, -0.2) is 4.79 Å². The lowest BCUT2D eigenvalue weighted by Gasteiger charge is -2.08. The Morgan fingerprint density at radius 2 is 1.64 bits per heavy atom. The molecular weight excluding hydrogens is 194 g/mol. The van der Waals surface area contributed by atoms with Crippen LogP contribution in [0, 0.1) is 0 Å². The van der Waals surface area contributed by atoms with Gasteiger partial charge < -0.3 is 5.11 Å². The molecular formula is C9H6F2O3. The predicted molar refractivity (Wildman–Crippen MR) is 43.4 cm³/mol. The number of carboxylic acids is 1. The first kappa shape index (κ1) is 10.3. The number of ketones is 1. The fourth-order valence-corrected chi connectivity index (χ4v) is 0.868. The van der Waals surface area contributed by atoms with Gasteiger partial charge in [0.15, 0.2) is 0 Å². The molecule has 0 fully saturated rings. The number of rotatable bonds is 3. The standard InChI is InChI=1S/C9H6F2O3/c10-9(11,8(13)14)7(12)6-4-2-1-3-5-6/h1-5H,(H,13,14). The lowest BCUT2D eigenvalue weighted by Crippen LogP contribution is -2.37. The largest absolute Gasteiger partial charge is 0.476 e. The summed E-state index contributed by atoms with van der Waals surface area (Å²) in [6.07, 6.45) is 0. The molecule has 1 aromatic carbocycles. The molecule has 0 aliphatic carbocycles. The number of alkyl halides is 2. The van der Waals surface area contributed by atoms with Crippen LogP contribution in [0.3, 0.4) is 0 Å². The van der Waals surface area contributed by atoms with Crippen LogP contribution in [0.15, 0.2) is 30.3 Å². The third-order valence-electron chi connectivity index (χ3n) is 1.59. The summed E-state index contributed by atoms with van der Waals surface area (Å²) >= 11 is 0. The van der Waals surface area contributed by atoms with E-state index in [1.807, 2.05) is 0 Å². The molecule has 0 aliphatic heterocycles. The molecule has 0 radical (unpaired) electrons. The third kappa shape index (κ3) is 1.76. The van der Waals surface area contributed by atoms with Crippen LogP contribution in [0.1, 0.15) is 10.4 Å². The Bertz CT molecular complexity index is 360. The van der Waals surface area contributed by atoms with E-state index in [0.29, 0.717) is 0 Å². The van der Waals surface area contributed by atoms with E-state index < -0.39 is 17.7 Å². The lowest BCUT2D eigenvalue weighted by molar-refractivity contribution is -0.157. The minimum atomic E-state index is -4.36. The highest BCUT2D eigenvalue weighted by Gasteiger charge is 2.47. The minimum absolute atomic E-state index is 0.320. The predicted octanol–water partition coefficient (Wildman–Crippen LogP) is 1.59. The second-order valence-electron chi connectivity index (χ2n) is 2.57. The van der Waals surface area contributed by atoms with Gasteiger partial charge in [0.25, 0.3) is 0 Å². The Hall–Kier alpha value is -1.78. The molecule has 1 N–H and O–H groups in total.